The number of nitrogens with zero attached hydrogens (tertiary/aromatic N) is 4. The molecule has 4 rings (SSSR count). The molecule has 0 aliphatic carbocycles. The molecule has 0 atom stereocenters. The largest absolute Gasteiger partial charge is 0.352 e. The molecule has 134 valence electrons. The molecule has 4 aromatic rings. The summed E-state index contributed by atoms with van der Waals surface area (Å²) in [5, 5.41) is 2.95. The lowest BCUT2D eigenvalue weighted by molar-refractivity contribution is 0.0953. The molecule has 0 aliphatic heterocycles. The Bertz CT molecular complexity index is 1040. The summed E-state index contributed by atoms with van der Waals surface area (Å²) in [6.07, 6.45) is 8.03. The number of aromatic nitrogens is 4. The molecule has 0 saturated heterocycles. The fraction of sp³-hybridized carbons (Fsp3) is 0.143. The fourth-order valence-electron chi connectivity index (χ4n) is 2.89. The third kappa shape index (κ3) is 4.00. The van der Waals surface area contributed by atoms with Gasteiger partial charge in [0.05, 0.1) is 29.3 Å². The lowest BCUT2D eigenvalue weighted by atomic mass is 10.1. The summed E-state index contributed by atoms with van der Waals surface area (Å²) in [4.78, 5) is 25.6. The second-order valence-electron chi connectivity index (χ2n) is 6.23. The molecule has 0 aliphatic rings. The number of carbonyl (C=O) groups excluding carboxylic acids is 1. The van der Waals surface area contributed by atoms with Gasteiger partial charge in [-0.15, -0.1) is 0 Å². The number of rotatable bonds is 6. The maximum atomic E-state index is 12.4. The number of aryl methyl sites for hydroxylation is 1. The molecule has 0 saturated carbocycles. The standard InChI is InChI=1S/C21H19N5O/c27-21(23-9-4-11-26-12-10-22-15-26)17-7-8-18-19(13-17)25-20(14-24-18)16-5-2-1-3-6-16/h1-3,5-8,10,12-15H,4,9,11H2,(H,23,27). The Morgan fingerprint density at radius 2 is 1.96 bits per heavy atom. The molecule has 27 heavy (non-hydrogen) atoms. The minimum absolute atomic E-state index is 0.102. The minimum Gasteiger partial charge on any atom is -0.352 e. The van der Waals surface area contributed by atoms with E-state index in [0.717, 1.165) is 29.7 Å². The third-order valence-corrected chi connectivity index (χ3v) is 4.31. The van der Waals surface area contributed by atoms with E-state index in [1.807, 2.05) is 47.2 Å². The molecule has 0 bridgehead atoms. The van der Waals surface area contributed by atoms with Crippen molar-refractivity contribution >= 4 is 16.9 Å². The molecule has 2 heterocycles. The van der Waals surface area contributed by atoms with E-state index in [1.54, 1.807) is 30.9 Å². The topological polar surface area (TPSA) is 72.7 Å². The van der Waals surface area contributed by atoms with Crippen molar-refractivity contribution in [2.45, 2.75) is 13.0 Å². The van der Waals surface area contributed by atoms with Crippen molar-refractivity contribution in [3.05, 3.63) is 79.0 Å². The molecule has 0 radical (unpaired) electrons. The number of hydrogen-bond acceptors (Lipinski definition) is 4. The van der Waals surface area contributed by atoms with Gasteiger partial charge in [-0.2, -0.15) is 0 Å². The van der Waals surface area contributed by atoms with Gasteiger partial charge in [0, 0.05) is 36.6 Å². The first-order valence-electron chi connectivity index (χ1n) is 8.86. The van der Waals surface area contributed by atoms with E-state index in [2.05, 4.69) is 20.3 Å². The van der Waals surface area contributed by atoms with Gasteiger partial charge in [-0.25, -0.2) is 9.97 Å². The van der Waals surface area contributed by atoms with Gasteiger partial charge in [-0.1, -0.05) is 30.3 Å². The molecule has 6 nitrogen and oxygen atoms in total. The van der Waals surface area contributed by atoms with Gasteiger partial charge in [0.1, 0.15) is 0 Å². The average Bonchev–Trinajstić information content (AvgIpc) is 3.24. The molecule has 0 fully saturated rings. The quantitative estimate of drug-likeness (QED) is 0.537. The van der Waals surface area contributed by atoms with Crippen LogP contribution in [0.25, 0.3) is 22.3 Å². The van der Waals surface area contributed by atoms with Gasteiger partial charge in [-0.05, 0) is 24.6 Å². The second kappa shape index (κ2) is 7.78. The smallest absolute Gasteiger partial charge is 0.251 e. The van der Waals surface area contributed by atoms with E-state index in [-0.39, 0.29) is 5.91 Å². The minimum atomic E-state index is -0.102. The summed E-state index contributed by atoms with van der Waals surface area (Å²) in [6.45, 7) is 1.43. The SMILES string of the molecule is O=C(NCCCn1ccnc1)c1ccc2ncc(-c3ccccc3)nc2c1. The molecule has 0 unspecified atom stereocenters. The van der Waals surface area contributed by atoms with Crippen LogP contribution in [0.1, 0.15) is 16.8 Å². The molecule has 6 heteroatoms. The van der Waals surface area contributed by atoms with E-state index in [0.29, 0.717) is 17.6 Å². The van der Waals surface area contributed by atoms with Crippen molar-refractivity contribution in [1.29, 1.82) is 0 Å². The molecule has 0 spiro atoms. The summed E-state index contributed by atoms with van der Waals surface area (Å²) in [7, 11) is 0. The zero-order valence-electron chi connectivity index (χ0n) is 14.7. The van der Waals surface area contributed by atoms with Gasteiger partial charge in [0.2, 0.25) is 0 Å². The van der Waals surface area contributed by atoms with Crippen molar-refractivity contribution in [3.63, 3.8) is 0 Å². The molecule has 1 amide bonds. The van der Waals surface area contributed by atoms with Crippen LogP contribution in [0.4, 0.5) is 0 Å². The third-order valence-electron chi connectivity index (χ3n) is 4.31. The second-order valence-corrected chi connectivity index (χ2v) is 6.23. The van der Waals surface area contributed by atoms with Crippen molar-refractivity contribution in [2.75, 3.05) is 6.54 Å². The first kappa shape index (κ1) is 16.9. The number of carbonyl (C=O) groups is 1. The van der Waals surface area contributed by atoms with Crippen LogP contribution in [0.3, 0.4) is 0 Å². The van der Waals surface area contributed by atoms with Crippen LogP contribution >= 0.6 is 0 Å². The van der Waals surface area contributed by atoms with Gasteiger partial charge < -0.3 is 9.88 Å². The fourth-order valence-corrected chi connectivity index (χ4v) is 2.89. The zero-order valence-corrected chi connectivity index (χ0v) is 14.7. The van der Waals surface area contributed by atoms with E-state index >= 15 is 0 Å². The highest BCUT2D eigenvalue weighted by Gasteiger charge is 2.08. The van der Waals surface area contributed by atoms with Gasteiger partial charge in [0.25, 0.3) is 5.91 Å². The zero-order chi connectivity index (χ0) is 18.5. The van der Waals surface area contributed by atoms with E-state index in [4.69, 9.17) is 0 Å². The molecule has 1 N–H and O–H groups in total. The van der Waals surface area contributed by atoms with Gasteiger partial charge in [0.15, 0.2) is 0 Å². The number of fused-ring (bicyclic) bond motifs is 1. The monoisotopic (exact) mass is 357 g/mol. The Morgan fingerprint density at radius 1 is 1.07 bits per heavy atom. The summed E-state index contributed by atoms with van der Waals surface area (Å²) in [5.41, 5.74) is 3.86. The first-order chi connectivity index (χ1) is 13.3. The number of hydrogen-bond donors (Lipinski definition) is 1. The van der Waals surface area contributed by atoms with Crippen LogP contribution in [-0.4, -0.2) is 32.0 Å². The Hall–Kier alpha value is -3.54. The Labute approximate surface area is 156 Å². The molecular weight excluding hydrogens is 338 g/mol. The van der Waals surface area contributed by atoms with Crippen molar-refractivity contribution in [3.8, 4) is 11.3 Å². The van der Waals surface area contributed by atoms with Gasteiger partial charge in [-0.3, -0.25) is 9.78 Å². The predicted octanol–water partition coefficient (Wildman–Crippen LogP) is 3.31. The average molecular weight is 357 g/mol. The first-order valence-corrected chi connectivity index (χ1v) is 8.86. The summed E-state index contributed by atoms with van der Waals surface area (Å²) in [5.74, 6) is -0.102. The highest BCUT2D eigenvalue weighted by Crippen LogP contribution is 2.19. The highest BCUT2D eigenvalue weighted by molar-refractivity contribution is 5.97. The molecule has 2 aromatic heterocycles. The summed E-state index contributed by atoms with van der Waals surface area (Å²) in [6, 6.07) is 15.3. The van der Waals surface area contributed by atoms with Crippen molar-refractivity contribution in [1.82, 2.24) is 24.8 Å². The van der Waals surface area contributed by atoms with Crippen molar-refractivity contribution in [2.24, 2.45) is 0 Å². The molecule has 2 aromatic carbocycles. The van der Waals surface area contributed by atoms with Gasteiger partial charge >= 0.3 is 0 Å². The normalized spacial score (nSPS) is 10.8. The Kier molecular flexibility index (Phi) is 4.87. The highest BCUT2D eigenvalue weighted by atomic mass is 16.1. The summed E-state index contributed by atoms with van der Waals surface area (Å²) >= 11 is 0. The lowest BCUT2D eigenvalue weighted by Gasteiger charge is -2.07. The van der Waals surface area contributed by atoms with Crippen LogP contribution < -0.4 is 5.32 Å². The number of nitrogens with one attached hydrogen (secondary N) is 1. The number of benzene rings is 2. The number of imidazole rings is 1. The van der Waals surface area contributed by atoms with E-state index < -0.39 is 0 Å². The Morgan fingerprint density at radius 3 is 2.78 bits per heavy atom. The van der Waals surface area contributed by atoms with Crippen molar-refractivity contribution < 1.29 is 4.79 Å². The van der Waals surface area contributed by atoms with Crippen LogP contribution in [0, 0.1) is 0 Å². The van der Waals surface area contributed by atoms with Crippen LogP contribution in [0.2, 0.25) is 0 Å². The van der Waals surface area contributed by atoms with Crippen LogP contribution in [0.5, 0.6) is 0 Å². The Balaban J connectivity index is 1.45. The van der Waals surface area contributed by atoms with E-state index in [1.165, 1.54) is 0 Å². The maximum Gasteiger partial charge on any atom is 0.251 e. The molecular formula is C21H19N5O. The van der Waals surface area contributed by atoms with Crippen LogP contribution in [-0.2, 0) is 6.54 Å². The summed E-state index contributed by atoms with van der Waals surface area (Å²) < 4.78 is 1.99. The predicted molar refractivity (Wildman–Crippen MR) is 104 cm³/mol. The number of amides is 1. The van der Waals surface area contributed by atoms with Crippen LogP contribution in [0.15, 0.2) is 73.4 Å². The van der Waals surface area contributed by atoms with E-state index in [9.17, 15) is 4.79 Å². The maximum absolute atomic E-state index is 12.4. The lowest BCUT2D eigenvalue weighted by Crippen LogP contribution is -2.25.